The van der Waals surface area contributed by atoms with E-state index in [2.05, 4.69) is 44.9 Å². The molecule has 0 aliphatic carbocycles. The zero-order chi connectivity index (χ0) is 18.8. The van der Waals surface area contributed by atoms with Crippen molar-refractivity contribution in [1.82, 2.24) is 25.2 Å². The summed E-state index contributed by atoms with van der Waals surface area (Å²) in [6.45, 7) is 5.50. The fraction of sp³-hybridized carbons (Fsp3) is 0.471. The van der Waals surface area contributed by atoms with Gasteiger partial charge < -0.3 is 10.1 Å². The van der Waals surface area contributed by atoms with Gasteiger partial charge in [0.05, 0.1) is 28.6 Å². The van der Waals surface area contributed by atoms with Crippen molar-refractivity contribution >= 4 is 44.4 Å². The molecule has 0 unspecified atom stereocenters. The van der Waals surface area contributed by atoms with Crippen LogP contribution in [0.25, 0.3) is 10.2 Å². The molecule has 0 radical (unpaired) electrons. The van der Waals surface area contributed by atoms with Crippen LogP contribution in [0.4, 0.5) is 5.13 Å². The number of benzene rings is 1. The summed E-state index contributed by atoms with van der Waals surface area (Å²) < 4.78 is 8.41. The van der Waals surface area contributed by atoms with Gasteiger partial charge in [-0.25, -0.2) is 9.67 Å². The van der Waals surface area contributed by atoms with Gasteiger partial charge in [0.1, 0.15) is 0 Å². The highest BCUT2D eigenvalue weighted by Gasteiger charge is 2.19. The van der Waals surface area contributed by atoms with Gasteiger partial charge in [-0.1, -0.05) is 29.2 Å². The molecule has 142 valence electrons. The van der Waals surface area contributed by atoms with E-state index in [9.17, 15) is 4.79 Å². The molecule has 4 rings (SSSR count). The molecule has 1 fully saturated rings. The molecule has 3 aromatic rings. The van der Waals surface area contributed by atoms with Crippen LogP contribution in [0.2, 0.25) is 0 Å². The van der Waals surface area contributed by atoms with E-state index in [0.29, 0.717) is 16.8 Å². The number of carbonyl (C=O) groups excluding carboxylic acids is 1. The van der Waals surface area contributed by atoms with Crippen LogP contribution in [0.1, 0.15) is 24.0 Å². The lowest BCUT2D eigenvalue weighted by Gasteiger charge is -2.09. The first-order valence-corrected chi connectivity index (χ1v) is 10.6. The monoisotopic (exact) mass is 404 g/mol. The van der Waals surface area contributed by atoms with E-state index >= 15 is 0 Å². The number of ether oxygens (including phenoxy) is 1. The molecule has 2 aromatic heterocycles. The predicted octanol–water partition coefficient (Wildman–Crippen LogP) is 2.81. The molecule has 1 N–H and O–H groups in total. The number of aryl methyl sites for hydroxylation is 2. The first-order valence-electron chi connectivity index (χ1n) is 8.76. The van der Waals surface area contributed by atoms with Crippen molar-refractivity contribution in [3.8, 4) is 0 Å². The van der Waals surface area contributed by atoms with Crippen molar-refractivity contribution in [2.45, 2.75) is 44.5 Å². The van der Waals surface area contributed by atoms with E-state index in [-0.39, 0.29) is 17.8 Å². The smallest absolute Gasteiger partial charge is 0.236 e. The number of carbonyl (C=O) groups is 1. The molecule has 1 aliphatic rings. The molecule has 1 saturated heterocycles. The number of thioether (sulfide) groups is 1. The Balaban J connectivity index is 1.36. The van der Waals surface area contributed by atoms with Gasteiger partial charge in [-0.2, -0.15) is 0 Å². The van der Waals surface area contributed by atoms with Crippen molar-refractivity contribution in [3.63, 3.8) is 0 Å². The summed E-state index contributed by atoms with van der Waals surface area (Å²) in [5, 5.41) is 15.8. The minimum atomic E-state index is -0.125. The fourth-order valence-corrected chi connectivity index (χ4v) is 4.85. The third-order valence-corrected chi connectivity index (χ3v) is 6.18. The topological polar surface area (TPSA) is 94.8 Å². The lowest BCUT2D eigenvalue weighted by atomic mass is 10.1. The highest BCUT2D eigenvalue weighted by atomic mass is 32.2. The number of thiazole rings is 1. The minimum Gasteiger partial charge on any atom is -0.376 e. The number of amides is 1. The average molecular weight is 405 g/mol. The number of hydrogen-bond donors (Lipinski definition) is 1. The van der Waals surface area contributed by atoms with Gasteiger partial charge in [-0.05, 0) is 54.3 Å². The average Bonchev–Trinajstić information content (AvgIpc) is 3.34. The van der Waals surface area contributed by atoms with Crippen LogP contribution in [-0.2, 0) is 16.1 Å². The number of nitrogens with one attached hydrogen (secondary N) is 1. The van der Waals surface area contributed by atoms with Gasteiger partial charge >= 0.3 is 0 Å². The van der Waals surface area contributed by atoms with Crippen molar-refractivity contribution < 1.29 is 9.53 Å². The summed E-state index contributed by atoms with van der Waals surface area (Å²) >= 11 is 2.80. The van der Waals surface area contributed by atoms with Crippen LogP contribution in [0.15, 0.2) is 17.3 Å². The van der Waals surface area contributed by atoms with Crippen LogP contribution in [0.5, 0.6) is 0 Å². The first-order chi connectivity index (χ1) is 13.1. The summed E-state index contributed by atoms with van der Waals surface area (Å²) in [7, 11) is 0. The second kappa shape index (κ2) is 7.91. The Kier molecular flexibility index (Phi) is 5.37. The van der Waals surface area contributed by atoms with Crippen LogP contribution in [-0.4, -0.2) is 49.6 Å². The van der Waals surface area contributed by atoms with E-state index in [1.807, 2.05) is 6.92 Å². The zero-order valence-corrected chi connectivity index (χ0v) is 16.8. The number of tetrazole rings is 1. The van der Waals surface area contributed by atoms with Gasteiger partial charge in [0.25, 0.3) is 0 Å². The van der Waals surface area contributed by atoms with Crippen LogP contribution >= 0.6 is 23.1 Å². The second-order valence-corrected chi connectivity index (χ2v) is 8.54. The Morgan fingerprint density at radius 3 is 3.15 bits per heavy atom. The van der Waals surface area contributed by atoms with Crippen molar-refractivity contribution in [2.24, 2.45) is 0 Å². The Morgan fingerprint density at radius 1 is 1.44 bits per heavy atom. The summed E-state index contributed by atoms with van der Waals surface area (Å²) in [5.41, 5.74) is 3.24. The van der Waals surface area contributed by atoms with Crippen molar-refractivity contribution in [1.29, 1.82) is 0 Å². The summed E-state index contributed by atoms with van der Waals surface area (Å²) in [4.78, 5) is 16.9. The van der Waals surface area contributed by atoms with E-state index in [1.54, 1.807) is 4.68 Å². The molecule has 1 aliphatic heterocycles. The molecule has 0 saturated carbocycles. The highest BCUT2D eigenvalue weighted by molar-refractivity contribution is 7.99. The lowest BCUT2D eigenvalue weighted by molar-refractivity contribution is -0.113. The van der Waals surface area contributed by atoms with Gasteiger partial charge in [0.15, 0.2) is 5.13 Å². The van der Waals surface area contributed by atoms with Crippen LogP contribution in [0.3, 0.4) is 0 Å². The van der Waals surface area contributed by atoms with E-state index in [4.69, 9.17) is 4.74 Å². The normalized spacial score (nSPS) is 16.9. The Morgan fingerprint density at radius 2 is 2.33 bits per heavy atom. The predicted molar refractivity (Wildman–Crippen MR) is 105 cm³/mol. The molecule has 10 heteroatoms. The number of nitrogens with zero attached hydrogens (tertiary/aromatic N) is 5. The van der Waals surface area contributed by atoms with Gasteiger partial charge in [-0.3, -0.25) is 4.79 Å². The maximum Gasteiger partial charge on any atom is 0.236 e. The first kappa shape index (κ1) is 18.3. The Hall–Kier alpha value is -2.04. The van der Waals surface area contributed by atoms with Crippen molar-refractivity contribution in [2.75, 3.05) is 17.7 Å². The molecule has 27 heavy (non-hydrogen) atoms. The molecule has 0 bridgehead atoms. The number of fused-ring (bicyclic) bond motifs is 1. The summed E-state index contributed by atoms with van der Waals surface area (Å²) in [6.07, 6.45) is 2.23. The highest BCUT2D eigenvalue weighted by Crippen LogP contribution is 2.29. The number of rotatable bonds is 6. The maximum atomic E-state index is 12.3. The largest absolute Gasteiger partial charge is 0.376 e. The van der Waals surface area contributed by atoms with E-state index < -0.39 is 0 Å². The quantitative estimate of drug-likeness (QED) is 0.631. The Labute approximate surface area is 164 Å². The van der Waals surface area contributed by atoms with Crippen LogP contribution < -0.4 is 5.32 Å². The molecule has 0 spiro atoms. The maximum absolute atomic E-state index is 12.3. The van der Waals surface area contributed by atoms with E-state index in [1.165, 1.54) is 28.7 Å². The SMILES string of the molecule is Cc1cc(C)c2nc(NC(=O)CSc3nnnn3C[C@@H]3CCCO3)sc2c1. The number of hydrogen-bond acceptors (Lipinski definition) is 8. The molecular formula is C17H20N6O2S2. The van der Waals surface area contributed by atoms with Crippen LogP contribution in [0, 0.1) is 13.8 Å². The number of anilines is 1. The standard InChI is InChI=1S/C17H20N6O2S2/c1-10-6-11(2)15-13(7-10)27-16(19-15)18-14(24)9-26-17-20-21-22-23(17)8-12-4-3-5-25-12/h6-7,12H,3-5,8-9H2,1-2H3,(H,18,19,24)/t12-/m0/s1. The molecule has 1 aromatic carbocycles. The summed E-state index contributed by atoms with van der Waals surface area (Å²) in [5.74, 6) is 0.0971. The second-order valence-electron chi connectivity index (χ2n) is 6.56. The van der Waals surface area contributed by atoms with Gasteiger partial charge in [0, 0.05) is 6.61 Å². The minimum absolute atomic E-state index is 0.125. The Bertz CT molecular complexity index is 964. The zero-order valence-electron chi connectivity index (χ0n) is 15.1. The van der Waals surface area contributed by atoms with Gasteiger partial charge in [-0.15, -0.1) is 5.10 Å². The van der Waals surface area contributed by atoms with Crippen molar-refractivity contribution in [3.05, 3.63) is 23.3 Å². The molecule has 1 atom stereocenters. The summed E-state index contributed by atoms with van der Waals surface area (Å²) in [6, 6.07) is 4.18. The third kappa shape index (κ3) is 4.28. The molecule has 3 heterocycles. The third-order valence-electron chi connectivity index (χ3n) is 4.31. The molecule has 8 nitrogen and oxygen atoms in total. The van der Waals surface area contributed by atoms with Gasteiger partial charge in [0.2, 0.25) is 11.1 Å². The van der Waals surface area contributed by atoms with E-state index in [0.717, 1.165) is 35.2 Å². The fourth-order valence-electron chi connectivity index (χ4n) is 3.11. The lowest BCUT2D eigenvalue weighted by Crippen LogP contribution is -2.18. The molecule has 1 amide bonds. The molecular weight excluding hydrogens is 384 g/mol. The number of aromatic nitrogens is 5.